The summed E-state index contributed by atoms with van der Waals surface area (Å²) in [6, 6.07) is 19.0. The number of aliphatic carboxylic acids is 1. The largest absolute Gasteiger partial charge is 0.481 e. The van der Waals surface area contributed by atoms with Gasteiger partial charge in [0.25, 0.3) is 5.91 Å². The average molecular weight is 518 g/mol. The third-order valence-electron chi connectivity index (χ3n) is 6.86. The Hall–Kier alpha value is -4.27. The average Bonchev–Trinajstić information content (AvgIpc) is 3.72. The fourth-order valence-electron chi connectivity index (χ4n) is 4.80. The number of likely N-dealkylation sites (tertiary alicyclic amines) is 1. The highest BCUT2D eigenvalue weighted by molar-refractivity contribution is 5.93. The number of nitrogens with zero attached hydrogens (tertiary/aromatic N) is 2. The van der Waals surface area contributed by atoms with E-state index in [1.165, 1.54) is 17.0 Å². The zero-order valence-electron chi connectivity index (χ0n) is 20.7. The maximum Gasteiger partial charge on any atom is 0.410 e. The van der Waals surface area contributed by atoms with Gasteiger partial charge in [0.15, 0.2) is 0 Å². The van der Waals surface area contributed by atoms with E-state index in [-0.39, 0.29) is 37.6 Å². The van der Waals surface area contributed by atoms with Gasteiger partial charge in [-0.2, -0.15) is 0 Å². The first-order valence-corrected chi connectivity index (χ1v) is 12.5. The number of nitrogens with one attached hydrogen (secondary N) is 1. The van der Waals surface area contributed by atoms with Gasteiger partial charge in [-0.25, -0.2) is 14.2 Å². The Morgan fingerprint density at radius 1 is 1.00 bits per heavy atom. The summed E-state index contributed by atoms with van der Waals surface area (Å²) in [6.45, 7) is 0.130. The number of carboxylic acids is 1. The molecule has 196 valence electrons. The topological polar surface area (TPSA) is 109 Å². The van der Waals surface area contributed by atoms with Crippen molar-refractivity contribution in [3.8, 4) is 0 Å². The SMILES string of the molecule is O=C(O)CC1(NC(=O)c2ccc(C3CC3)c(Cc3ccc(F)cc3)n2)CN(C(=O)OCc2ccccc2)C1. The van der Waals surface area contributed by atoms with Crippen molar-refractivity contribution in [2.75, 3.05) is 13.1 Å². The molecule has 0 unspecified atom stereocenters. The van der Waals surface area contributed by atoms with Crippen LogP contribution in [0.5, 0.6) is 0 Å². The Kier molecular flexibility index (Phi) is 7.09. The summed E-state index contributed by atoms with van der Waals surface area (Å²) in [7, 11) is 0. The zero-order valence-corrected chi connectivity index (χ0v) is 20.7. The third-order valence-corrected chi connectivity index (χ3v) is 6.86. The van der Waals surface area contributed by atoms with E-state index in [1.54, 1.807) is 18.2 Å². The molecule has 2 aliphatic rings. The predicted molar refractivity (Wildman–Crippen MR) is 136 cm³/mol. The molecule has 0 spiro atoms. The molecule has 2 N–H and O–H groups in total. The number of hydrogen-bond donors (Lipinski definition) is 2. The van der Waals surface area contributed by atoms with Gasteiger partial charge in [0, 0.05) is 25.2 Å². The second kappa shape index (κ2) is 10.6. The first-order chi connectivity index (χ1) is 18.3. The Bertz CT molecular complexity index is 1340. The predicted octanol–water partition coefficient (Wildman–Crippen LogP) is 4.28. The van der Waals surface area contributed by atoms with Gasteiger partial charge in [0.1, 0.15) is 18.1 Å². The lowest BCUT2D eigenvalue weighted by atomic mass is 9.86. The lowest BCUT2D eigenvalue weighted by molar-refractivity contribution is -0.140. The quantitative estimate of drug-likeness (QED) is 0.439. The molecule has 1 saturated carbocycles. The van der Waals surface area contributed by atoms with Gasteiger partial charge in [-0.3, -0.25) is 9.59 Å². The van der Waals surface area contributed by atoms with Crippen molar-refractivity contribution in [2.24, 2.45) is 0 Å². The van der Waals surface area contributed by atoms with E-state index in [4.69, 9.17) is 4.74 Å². The molecule has 0 atom stereocenters. The van der Waals surface area contributed by atoms with Gasteiger partial charge in [-0.1, -0.05) is 48.5 Å². The molecular weight excluding hydrogens is 489 g/mol. The summed E-state index contributed by atoms with van der Waals surface area (Å²) in [5.74, 6) is -1.52. The molecule has 9 heteroatoms. The fraction of sp³-hybridized carbons (Fsp3) is 0.310. The molecule has 1 aliphatic heterocycles. The van der Waals surface area contributed by atoms with Crippen molar-refractivity contribution in [2.45, 2.75) is 43.7 Å². The van der Waals surface area contributed by atoms with E-state index in [1.807, 2.05) is 36.4 Å². The molecule has 0 bridgehead atoms. The molecule has 2 amide bonds. The molecule has 38 heavy (non-hydrogen) atoms. The van der Waals surface area contributed by atoms with Crippen molar-refractivity contribution < 1.29 is 28.6 Å². The summed E-state index contributed by atoms with van der Waals surface area (Å²) in [5.41, 5.74) is 2.58. The second-order valence-electron chi connectivity index (χ2n) is 10.0. The van der Waals surface area contributed by atoms with Crippen molar-refractivity contribution in [1.29, 1.82) is 0 Å². The molecule has 0 radical (unpaired) electrons. The highest BCUT2D eigenvalue weighted by Gasteiger charge is 2.48. The van der Waals surface area contributed by atoms with Crippen LogP contribution in [0.15, 0.2) is 66.7 Å². The van der Waals surface area contributed by atoms with Gasteiger partial charge in [0.2, 0.25) is 0 Å². The molecule has 5 rings (SSSR count). The molecule has 1 aliphatic carbocycles. The molecular formula is C29H28FN3O5. The van der Waals surface area contributed by atoms with Crippen LogP contribution in [0.25, 0.3) is 0 Å². The molecule has 8 nitrogen and oxygen atoms in total. The lowest BCUT2D eigenvalue weighted by Gasteiger charge is -2.48. The van der Waals surface area contributed by atoms with E-state index in [0.29, 0.717) is 12.3 Å². The van der Waals surface area contributed by atoms with Crippen molar-refractivity contribution in [1.82, 2.24) is 15.2 Å². The van der Waals surface area contributed by atoms with Crippen molar-refractivity contribution >= 4 is 18.0 Å². The summed E-state index contributed by atoms with van der Waals surface area (Å²) < 4.78 is 18.7. The van der Waals surface area contributed by atoms with Crippen LogP contribution in [0, 0.1) is 5.82 Å². The van der Waals surface area contributed by atoms with Gasteiger partial charge in [-0.15, -0.1) is 0 Å². The normalized spacial score (nSPS) is 15.9. The number of carbonyl (C=O) groups is 3. The second-order valence-corrected chi connectivity index (χ2v) is 10.0. The lowest BCUT2D eigenvalue weighted by Crippen LogP contribution is -2.72. The van der Waals surface area contributed by atoms with Gasteiger partial charge < -0.3 is 20.1 Å². The molecule has 3 aromatic rings. The van der Waals surface area contributed by atoms with Crippen LogP contribution in [-0.2, 0) is 22.6 Å². The maximum absolute atomic E-state index is 13.4. The number of carbonyl (C=O) groups excluding carboxylic acids is 2. The Morgan fingerprint density at radius 2 is 1.71 bits per heavy atom. The van der Waals surface area contributed by atoms with E-state index in [2.05, 4.69) is 10.3 Å². The van der Waals surface area contributed by atoms with Crippen molar-refractivity contribution in [3.63, 3.8) is 0 Å². The standard InChI is InChI=1S/C29H28FN3O5/c30-22-10-6-19(7-11-22)14-25-23(21-8-9-21)12-13-24(31-25)27(36)32-29(15-26(34)35)17-33(18-29)28(37)38-16-20-4-2-1-3-5-20/h1-7,10-13,21H,8-9,14-18H2,(H,32,36)(H,34,35). The van der Waals surface area contributed by atoms with Crippen LogP contribution in [0.4, 0.5) is 9.18 Å². The molecule has 2 fully saturated rings. The number of ether oxygens (including phenoxy) is 1. The summed E-state index contributed by atoms with van der Waals surface area (Å²) in [6.07, 6.45) is 1.65. The Labute approximate surface area is 219 Å². The number of amides is 2. The van der Waals surface area contributed by atoms with E-state index in [9.17, 15) is 23.9 Å². The number of rotatable bonds is 9. The van der Waals surface area contributed by atoms with Crippen LogP contribution in [0.2, 0.25) is 0 Å². The maximum atomic E-state index is 13.4. The Balaban J connectivity index is 1.27. The Morgan fingerprint density at radius 3 is 2.37 bits per heavy atom. The van der Waals surface area contributed by atoms with Crippen LogP contribution in [0.1, 0.15) is 58.1 Å². The minimum atomic E-state index is -1.12. The molecule has 2 aromatic carbocycles. The fourth-order valence-corrected chi connectivity index (χ4v) is 4.80. The number of halogens is 1. The summed E-state index contributed by atoms with van der Waals surface area (Å²) >= 11 is 0. The van der Waals surface area contributed by atoms with Gasteiger partial charge in [-0.05, 0) is 53.6 Å². The monoisotopic (exact) mass is 517 g/mol. The highest BCUT2D eigenvalue weighted by atomic mass is 19.1. The highest BCUT2D eigenvalue weighted by Crippen LogP contribution is 2.41. The van der Waals surface area contributed by atoms with E-state index in [0.717, 1.165) is 35.2 Å². The molecule has 1 saturated heterocycles. The molecule has 1 aromatic heterocycles. The van der Waals surface area contributed by atoms with Crippen LogP contribution in [0.3, 0.4) is 0 Å². The first kappa shape index (κ1) is 25.4. The van der Waals surface area contributed by atoms with Crippen LogP contribution < -0.4 is 5.32 Å². The minimum Gasteiger partial charge on any atom is -0.481 e. The zero-order chi connectivity index (χ0) is 26.7. The number of benzene rings is 2. The van der Waals surface area contributed by atoms with E-state index < -0.39 is 23.5 Å². The van der Waals surface area contributed by atoms with Crippen LogP contribution >= 0.6 is 0 Å². The smallest absolute Gasteiger partial charge is 0.410 e. The summed E-state index contributed by atoms with van der Waals surface area (Å²) in [5, 5.41) is 12.3. The number of pyridine rings is 1. The van der Waals surface area contributed by atoms with E-state index >= 15 is 0 Å². The van der Waals surface area contributed by atoms with Gasteiger partial charge in [0.05, 0.1) is 12.0 Å². The van der Waals surface area contributed by atoms with Crippen LogP contribution in [-0.4, -0.2) is 51.6 Å². The van der Waals surface area contributed by atoms with Gasteiger partial charge >= 0.3 is 12.1 Å². The summed E-state index contributed by atoms with van der Waals surface area (Å²) in [4.78, 5) is 43.3. The van der Waals surface area contributed by atoms with Crippen molar-refractivity contribution in [3.05, 3.63) is 101 Å². The third kappa shape index (κ3) is 5.99. The number of carboxylic acid groups (broad SMARTS) is 1. The number of aromatic nitrogens is 1. The minimum absolute atomic E-state index is 0.0151. The number of hydrogen-bond acceptors (Lipinski definition) is 5. The molecule has 2 heterocycles. The first-order valence-electron chi connectivity index (χ1n) is 12.5.